The van der Waals surface area contributed by atoms with Gasteiger partial charge < -0.3 is 10.1 Å². The van der Waals surface area contributed by atoms with Gasteiger partial charge in [0.05, 0.1) is 0 Å². The molecule has 0 fully saturated rings. The number of carbonyl (C=O) groups excluding carboxylic acids is 2. The molecule has 1 aromatic rings. The molecule has 5 heteroatoms. The highest BCUT2D eigenvalue weighted by atomic mass is 35.5. The van der Waals surface area contributed by atoms with Crippen LogP contribution in [0.4, 0.5) is 4.79 Å². The average Bonchev–Trinajstić information content (AvgIpc) is 2.37. The molecular weight excluding hydrogens is 290 g/mol. The van der Waals surface area contributed by atoms with Crippen molar-refractivity contribution in [2.24, 2.45) is 0 Å². The molecule has 1 rings (SSSR count). The van der Waals surface area contributed by atoms with Crippen LogP contribution in [0.1, 0.15) is 26.3 Å². The molecule has 0 saturated heterocycles. The van der Waals surface area contributed by atoms with Gasteiger partial charge in [-0.1, -0.05) is 29.8 Å². The van der Waals surface area contributed by atoms with Crippen LogP contribution in [0.3, 0.4) is 0 Å². The second kappa shape index (κ2) is 7.14. The van der Waals surface area contributed by atoms with Crippen molar-refractivity contribution >= 4 is 23.5 Å². The molecule has 112 valence electrons. The molecule has 1 amide bonds. The second-order valence-electron chi connectivity index (χ2n) is 5.57. The fourth-order valence-electron chi connectivity index (χ4n) is 1.61. The minimum Gasteiger partial charge on any atom is -0.437 e. The first kappa shape index (κ1) is 17.1. The van der Waals surface area contributed by atoms with Crippen LogP contribution in [0.15, 0.2) is 24.3 Å². The average molecular weight is 308 g/mol. The van der Waals surface area contributed by atoms with Crippen molar-refractivity contribution in [3.05, 3.63) is 34.9 Å². The van der Waals surface area contributed by atoms with E-state index in [1.807, 2.05) is 5.92 Å². The van der Waals surface area contributed by atoms with E-state index in [4.69, 9.17) is 22.8 Å². The quantitative estimate of drug-likeness (QED) is 0.687. The van der Waals surface area contributed by atoms with E-state index in [0.717, 1.165) is 0 Å². The zero-order valence-corrected chi connectivity index (χ0v) is 13.0. The highest BCUT2D eigenvalue weighted by Crippen LogP contribution is 2.18. The van der Waals surface area contributed by atoms with Crippen LogP contribution >= 0.6 is 11.6 Å². The van der Waals surface area contributed by atoms with E-state index in [1.54, 1.807) is 45.0 Å². The number of amides is 1. The summed E-state index contributed by atoms with van der Waals surface area (Å²) in [6.07, 6.45) is 3.51. The number of carbonyl (C=O) groups is 2. The molecule has 0 aliphatic heterocycles. The Labute approximate surface area is 129 Å². The van der Waals surface area contributed by atoms with Crippen molar-refractivity contribution < 1.29 is 14.3 Å². The van der Waals surface area contributed by atoms with Crippen molar-refractivity contribution in [3.63, 3.8) is 0 Å². The van der Waals surface area contributed by atoms with E-state index in [-0.39, 0.29) is 6.42 Å². The molecule has 0 radical (unpaired) electrons. The Morgan fingerprint density at radius 2 is 2.00 bits per heavy atom. The van der Waals surface area contributed by atoms with E-state index in [1.165, 1.54) is 0 Å². The molecule has 0 spiro atoms. The number of Topliss-reactive ketones (excluding diaryl/α,β-unsaturated/α-hetero) is 1. The van der Waals surface area contributed by atoms with Crippen molar-refractivity contribution in [3.8, 4) is 12.3 Å². The lowest BCUT2D eigenvalue weighted by molar-refractivity contribution is -0.121. The highest BCUT2D eigenvalue weighted by molar-refractivity contribution is 6.31. The Hall–Kier alpha value is -1.99. The number of hydrogen-bond acceptors (Lipinski definition) is 3. The predicted molar refractivity (Wildman–Crippen MR) is 82.2 cm³/mol. The predicted octanol–water partition coefficient (Wildman–Crippen LogP) is 2.98. The monoisotopic (exact) mass is 307 g/mol. The van der Waals surface area contributed by atoms with Crippen LogP contribution in [-0.4, -0.2) is 23.5 Å². The number of ether oxygens (including phenoxy) is 1. The molecule has 0 bridgehead atoms. The van der Waals surface area contributed by atoms with Gasteiger partial charge in [0.2, 0.25) is 5.78 Å². The zero-order valence-electron chi connectivity index (χ0n) is 12.3. The molecule has 21 heavy (non-hydrogen) atoms. The van der Waals surface area contributed by atoms with Gasteiger partial charge in [-0.15, -0.1) is 6.42 Å². The summed E-state index contributed by atoms with van der Waals surface area (Å²) in [5.74, 6) is 1.39. The minimum atomic E-state index is -1.06. The molecular formula is C16H18ClNO3. The Morgan fingerprint density at radius 1 is 1.38 bits per heavy atom. The Morgan fingerprint density at radius 3 is 2.52 bits per heavy atom. The lowest BCUT2D eigenvalue weighted by Crippen LogP contribution is -2.43. The van der Waals surface area contributed by atoms with Gasteiger partial charge in [0, 0.05) is 17.0 Å². The molecule has 0 aliphatic carbocycles. The van der Waals surface area contributed by atoms with Gasteiger partial charge in [-0.3, -0.25) is 4.79 Å². The number of benzene rings is 1. The van der Waals surface area contributed by atoms with Crippen molar-refractivity contribution in [1.29, 1.82) is 0 Å². The van der Waals surface area contributed by atoms with Crippen molar-refractivity contribution in [2.45, 2.75) is 38.8 Å². The Bertz CT molecular complexity index is 570. The van der Waals surface area contributed by atoms with Crippen molar-refractivity contribution in [1.82, 2.24) is 5.32 Å². The van der Waals surface area contributed by atoms with E-state index < -0.39 is 23.5 Å². The van der Waals surface area contributed by atoms with E-state index in [0.29, 0.717) is 10.6 Å². The number of ketones is 1. The first-order valence-corrected chi connectivity index (χ1v) is 6.83. The molecule has 1 aromatic carbocycles. The number of hydrogen-bond donors (Lipinski definition) is 1. The summed E-state index contributed by atoms with van der Waals surface area (Å²) in [6.45, 7) is 5.42. The third-order valence-electron chi connectivity index (χ3n) is 2.52. The third kappa shape index (κ3) is 5.88. The lowest BCUT2D eigenvalue weighted by Gasteiger charge is -2.22. The minimum absolute atomic E-state index is 0.139. The summed E-state index contributed by atoms with van der Waals surface area (Å²) in [5.41, 5.74) is 0.224. The van der Waals surface area contributed by atoms with E-state index in [2.05, 4.69) is 5.32 Å². The number of terminal acetylenes is 1. The van der Waals surface area contributed by atoms with Gasteiger partial charge in [-0.2, -0.15) is 0 Å². The first-order chi connectivity index (χ1) is 9.73. The molecule has 0 unspecified atom stereocenters. The number of nitrogens with one attached hydrogen (secondary N) is 1. The maximum atomic E-state index is 11.8. The molecule has 1 N–H and O–H groups in total. The van der Waals surface area contributed by atoms with Crippen LogP contribution in [0, 0.1) is 12.3 Å². The lowest BCUT2D eigenvalue weighted by atomic mass is 10.0. The molecule has 0 aromatic heterocycles. The maximum absolute atomic E-state index is 11.8. The van der Waals surface area contributed by atoms with Gasteiger partial charge in [0.15, 0.2) is 6.10 Å². The fourth-order valence-corrected chi connectivity index (χ4v) is 1.82. The van der Waals surface area contributed by atoms with Gasteiger partial charge in [0.25, 0.3) is 0 Å². The first-order valence-electron chi connectivity index (χ1n) is 6.45. The third-order valence-corrected chi connectivity index (χ3v) is 2.89. The Balaban J connectivity index is 2.83. The van der Waals surface area contributed by atoms with Gasteiger partial charge in [-0.25, -0.2) is 4.79 Å². The van der Waals surface area contributed by atoms with E-state index >= 15 is 0 Å². The topological polar surface area (TPSA) is 55.4 Å². The summed E-state index contributed by atoms with van der Waals surface area (Å²) in [6, 6.07) is 7.01. The normalized spacial score (nSPS) is 12.1. The standard InChI is InChI=1S/C16H18ClNO3/c1-5-13(19)14(21-15(20)18-16(2,3)4)10-11-8-6-7-9-12(11)17/h1,6-9,14H,10H2,2-4H3,(H,18,20)/t14-/m0/s1. The number of alkyl carbamates (subject to hydrolysis) is 1. The van der Waals surface area contributed by atoms with Gasteiger partial charge in [-0.05, 0) is 38.3 Å². The van der Waals surface area contributed by atoms with Gasteiger partial charge in [0.1, 0.15) is 0 Å². The molecule has 0 heterocycles. The summed E-state index contributed by atoms with van der Waals surface area (Å²) in [5, 5.41) is 3.11. The van der Waals surface area contributed by atoms with E-state index in [9.17, 15) is 9.59 Å². The second-order valence-corrected chi connectivity index (χ2v) is 5.98. The molecule has 0 aliphatic rings. The summed E-state index contributed by atoms with van der Waals surface area (Å²) < 4.78 is 5.14. The van der Waals surface area contributed by atoms with Crippen LogP contribution in [-0.2, 0) is 16.0 Å². The SMILES string of the molecule is C#CC(=O)[C@H](Cc1ccccc1Cl)OC(=O)NC(C)(C)C. The summed E-state index contributed by atoms with van der Waals surface area (Å²) >= 11 is 6.04. The zero-order chi connectivity index (χ0) is 16.0. The number of halogens is 1. The van der Waals surface area contributed by atoms with Crippen LogP contribution in [0.5, 0.6) is 0 Å². The highest BCUT2D eigenvalue weighted by Gasteiger charge is 2.24. The number of rotatable bonds is 4. The van der Waals surface area contributed by atoms with Crippen LogP contribution < -0.4 is 5.32 Å². The largest absolute Gasteiger partial charge is 0.437 e. The van der Waals surface area contributed by atoms with Crippen LogP contribution in [0.25, 0.3) is 0 Å². The smallest absolute Gasteiger partial charge is 0.408 e. The molecule has 0 saturated carbocycles. The maximum Gasteiger partial charge on any atom is 0.408 e. The molecule has 1 atom stereocenters. The Kier molecular flexibility index (Phi) is 5.80. The summed E-state index contributed by atoms with van der Waals surface area (Å²) in [4.78, 5) is 23.5. The summed E-state index contributed by atoms with van der Waals surface area (Å²) in [7, 11) is 0. The molecule has 4 nitrogen and oxygen atoms in total. The van der Waals surface area contributed by atoms with Crippen molar-refractivity contribution in [2.75, 3.05) is 0 Å². The van der Waals surface area contributed by atoms with Gasteiger partial charge >= 0.3 is 6.09 Å². The van der Waals surface area contributed by atoms with Crippen LogP contribution in [0.2, 0.25) is 5.02 Å². The fraction of sp³-hybridized carbons (Fsp3) is 0.375.